The average Bonchev–Trinajstić information content (AvgIpc) is 2.92. The Morgan fingerprint density at radius 2 is 2.09 bits per heavy atom. The van der Waals surface area contributed by atoms with E-state index in [9.17, 15) is 10.1 Å². The van der Waals surface area contributed by atoms with Gasteiger partial charge in [-0.15, -0.1) is 11.3 Å². The van der Waals surface area contributed by atoms with Gasteiger partial charge >= 0.3 is 0 Å². The molecule has 0 aliphatic carbocycles. The number of nitrogens with zero attached hydrogens (tertiary/aromatic N) is 2. The third-order valence-electron chi connectivity index (χ3n) is 2.59. The van der Waals surface area contributed by atoms with Gasteiger partial charge in [0.05, 0.1) is 15.1 Å². The van der Waals surface area contributed by atoms with Gasteiger partial charge in [-0.05, 0) is 59.9 Å². The summed E-state index contributed by atoms with van der Waals surface area (Å²) in [5.74, 6) is 0. The maximum Gasteiger partial charge on any atom is 0.265 e. The Morgan fingerprint density at radius 1 is 1.41 bits per heavy atom. The second-order valence-corrected chi connectivity index (χ2v) is 6.24. The van der Waals surface area contributed by atoms with E-state index in [4.69, 9.17) is 0 Å². The fraction of sp³-hybridized carbons (Fsp3) is 0.188. The lowest BCUT2D eigenvalue weighted by Crippen LogP contribution is -1.94. The molecule has 1 aromatic carbocycles. The van der Waals surface area contributed by atoms with Gasteiger partial charge in [-0.1, -0.05) is 20.4 Å². The van der Waals surface area contributed by atoms with E-state index in [0.29, 0.717) is 5.57 Å². The lowest BCUT2D eigenvalue weighted by Gasteiger charge is -1.92. The summed E-state index contributed by atoms with van der Waals surface area (Å²) < 4.78 is 2.23. The van der Waals surface area contributed by atoms with Gasteiger partial charge in [0.1, 0.15) is 5.01 Å². The third-order valence-corrected chi connectivity index (χ3v) is 4.35. The van der Waals surface area contributed by atoms with Crippen LogP contribution < -0.4 is 0 Å². The molecule has 0 amide bonds. The van der Waals surface area contributed by atoms with E-state index in [2.05, 4.69) is 40.2 Å². The van der Waals surface area contributed by atoms with Gasteiger partial charge < -0.3 is 0 Å². The number of benzene rings is 1. The Kier molecular flexibility index (Phi) is 7.40. The number of hydrogen-bond donors (Lipinski definition) is 0. The lowest BCUT2D eigenvalue weighted by atomic mass is 10.2. The summed E-state index contributed by atoms with van der Waals surface area (Å²) in [6.07, 6.45) is 4.52. The molecule has 6 heteroatoms. The van der Waals surface area contributed by atoms with Crippen LogP contribution in [0.1, 0.15) is 25.8 Å². The van der Waals surface area contributed by atoms with Crippen molar-refractivity contribution in [2.45, 2.75) is 20.8 Å². The highest BCUT2D eigenvalue weighted by atomic mass is 127. The topological polar surface area (TPSA) is 56.0 Å². The van der Waals surface area contributed by atoms with E-state index in [0.717, 1.165) is 18.8 Å². The first-order chi connectivity index (χ1) is 10.5. The summed E-state index contributed by atoms with van der Waals surface area (Å²) in [6.45, 7) is 9.55. The summed E-state index contributed by atoms with van der Waals surface area (Å²) in [4.78, 5) is 14.8. The SMILES string of the molecule is C=C(/C=C\C(=C/C)[N+](=O)[O-])c1nc2ccc(I)cc2s1.CC. The summed E-state index contributed by atoms with van der Waals surface area (Å²) in [7, 11) is 0. The van der Waals surface area contributed by atoms with E-state index >= 15 is 0 Å². The first kappa shape index (κ1) is 18.5. The van der Waals surface area contributed by atoms with Gasteiger partial charge in [0.25, 0.3) is 5.70 Å². The normalized spacial score (nSPS) is 11.4. The molecule has 1 aromatic heterocycles. The highest BCUT2D eigenvalue weighted by Gasteiger charge is 2.07. The van der Waals surface area contributed by atoms with Gasteiger partial charge in [0.15, 0.2) is 0 Å². The number of nitro groups is 1. The monoisotopic (exact) mass is 428 g/mol. The quantitative estimate of drug-likeness (QED) is 0.273. The van der Waals surface area contributed by atoms with Crippen LogP contribution >= 0.6 is 33.9 Å². The van der Waals surface area contributed by atoms with Crippen molar-refractivity contribution in [1.82, 2.24) is 4.98 Å². The molecule has 0 spiro atoms. The molecule has 0 radical (unpaired) electrons. The molecule has 0 atom stereocenters. The van der Waals surface area contributed by atoms with Crippen molar-refractivity contribution in [3.63, 3.8) is 0 Å². The molecule has 0 saturated carbocycles. The highest BCUT2D eigenvalue weighted by molar-refractivity contribution is 14.1. The maximum atomic E-state index is 10.7. The number of fused-ring (bicyclic) bond motifs is 1. The third kappa shape index (κ3) is 4.74. The Bertz CT molecular complexity index is 748. The minimum Gasteiger partial charge on any atom is -0.258 e. The first-order valence-electron chi connectivity index (χ1n) is 6.75. The predicted octanol–water partition coefficient (Wildman–Crippen LogP) is 5.68. The molecule has 0 aliphatic rings. The number of halogens is 1. The molecule has 116 valence electrons. The van der Waals surface area contributed by atoms with Crippen molar-refractivity contribution >= 4 is 49.7 Å². The second-order valence-electron chi connectivity index (χ2n) is 3.96. The number of allylic oxidation sites excluding steroid dienone is 4. The van der Waals surface area contributed by atoms with E-state index in [1.807, 2.05) is 26.0 Å². The Balaban J connectivity index is 0.00000116. The zero-order valence-corrected chi connectivity index (χ0v) is 15.6. The molecule has 0 bridgehead atoms. The number of aromatic nitrogens is 1. The maximum absolute atomic E-state index is 10.7. The molecule has 0 saturated heterocycles. The standard InChI is InChI=1S/C14H11IN2O2S.C2H6/c1-3-11(17(18)19)6-4-9(2)14-16-12-7-5-10(15)8-13(12)20-14;1-2/h3-8H,2H2,1H3;1-2H3/b6-4-,11-3+;. The molecule has 2 rings (SSSR count). The Labute approximate surface area is 147 Å². The number of thiazole rings is 1. The minimum absolute atomic E-state index is 0.0433. The van der Waals surface area contributed by atoms with Crippen LogP contribution in [0, 0.1) is 13.7 Å². The van der Waals surface area contributed by atoms with Gasteiger partial charge in [0, 0.05) is 15.2 Å². The van der Waals surface area contributed by atoms with Crippen LogP contribution in [-0.4, -0.2) is 9.91 Å². The summed E-state index contributed by atoms with van der Waals surface area (Å²) in [5.41, 5.74) is 1.63. The molecule has 1 heterocycles. The Hall–Kier alpha value is -1.54. The second kappa shape index (κ2) is 8.79. The smallest absolute Gasteiger partial charge is 0.258 e. The van der Waals surface area contributed by atoms with Crippen LogP contribution in [0.2, 0.25) is 0 Å². The van der Waals surface area contributed by atoms with Crippen LogP contribution in [0.3, 0.4) is 0 Å². The fourth-order valence-electron chi connectivity index (χ4n) is 1.56. The van der Waals surface area contributed by atoms with E-state index in [-0.39, 0.29) is 5.70 Å². The van der Waals surface area contributed by atoms with E-state index in [1.165, 1.54) is 23.5 Å². The first-order valence-corrected chi connectivity index (χ1v) is 8.65. The van der Waals surface area contributed by atoms with E-state index < -0.39 is 4.92 Å². The molecule has 0 N–H and O–H groups in total. The molecule has 0 aliphatic heterocycles. The summed E-state index contributed by atoms with van der Waals surface area (Å²) in [5, 5.41) is 11.5. The highest BCUT2D eigenvalue weighted by Crippen LogP contribution is 2.28. The van der Waals surface area contributed by atoms with Crippen molar-refractivity contribution in [1.29, 1.82) is 0 Å². The predicted molar refractivity (Wildman–Crippen MR) is 103 cm³/mol. The lowest BCUT2D eigenvalue weighted by molar-refractivity contribution is -0.419. The van der Waals surface area contributed by atoms with Crippen molar-refractivity contribution < 1.29 is 4.92 Å². The molecule has 2 aromatic rings. The molecular formula is C16H17IN2O2S. The van der Waals surface area contributed by atoms with Crippen LogP contribution in [0.15, 0.2) is 48.7 Å². The van der Waals surface area contributed by atoms with Gasteiger partial charge in [-0.2, -0.15) is 0 Å². The molecule has 22 heavy (non-hydrogen) atoms. The largest absolute Gasteiger partial charge is 0.265 e. The number of rotatable bonds is 4. The molecular weight excluding hydrogens is 411 g/mol. The van der Waals surface area contributed by atoms with Crippen molar-refractivity contribution in [3.8, 4) is 0 Å². The molecule has 0 unspecified atom stereocenters. The molecule has 4 nitrogen and oxygen atoms in total. The minimum atomic E-state index is -0.426. The van der Waals surface area contributed by atoms with Gasteiger partial charge in [0.2, 0.25) is 0 Å². The Morgan fingerprint density at radius 3 is 2.68 bits per heavy atom. The summed E-state index contributed by atoms with van der Waals surface area (Å²) in [6, 6.07) is 6.01. The van der Waals surface area contributed by atoms with Gasteiger partial charge in [-0.3, -0.25) is 10.1 Å². The number of hydrogen-bond acceptors (Lipinski definition) is 4. The van der Waals surface area contributed by atoms with Crippen LogP contribution in [-0.2, 0) is 0 Å². The van der Waals surface area contributed by atoms with Crippen molar-refractivity contribution in [2.24, 2.45) is 0 Å². The van der Waals surface area contributed by atoms with Gasteiger partial charge in [-0.25, -0.2) is 4.98 Å². The molecule has 0 fully saturated rings. The van der Waals surface area contributed by atoms with Crippen LogP contribution in [0.5, 0.6) is 0 Å². The summed E-state index contributed by atoms with van der Waals surface area (Å²) >= 11 is 3.78. The van der Waals surface area contributed by atoms with Crippen LogP contribution in [0.25, 0.3) is 15.8 Å². The average molecular weight is 428 g/mol. The van der Waals surface area contributed by atoms with Crippen molar-refractivity contribution in [2.75, 3.05) is 0 Å². The fourth-order valence-corrected chi connectivity index (χ4v) is 3.21. The van der Waals surface area contributed by atoms with E-state index in [1.54, 1.807) is 13.0 Å². The van der Waals surface area contributed by atoms with Crippen LogP contribution in [0.4, 0.5) is 0 Å². The van der Waals surface area contributed by atoms with Crippen molar-refractivity contribution in [3.05, 3.63) is 67.4 Å². The zero-order chi connectivity index (χ0) is 16.7. The zero-order valence-electron chi connectivity index (χ0n) is 12.7.